The van der Waals surface area contributed by atoms with Crippen LogP contribution in [0, 0.1) is 5.92 Å². The molecule has 0 aliphatic carbocycles. The standard InChI is InChI=1S/C14H26N2O2/c1-12-4-3-7-16(10-12)14(17)11-15-8-5-13(18-2)6-9-15/h12-13H,3-11H2,1-2H3/t12-/m0/s1. The molecule has 2 aliphatic rings. The highest BCUT2D eigenvalue weighted by Crippen LogP contribution is 2.17. The van der Waals surface area contributed by atoms with Crippen LogP contribution >= 0.6 is 0 Å². The molecule has 1 amide bonds. The third-order valence-electron chi connectivity index (χ3n) is 4.24. The highest BCUT2D eigenvalue weighted by Gasteiger charge is 2.25. The summed E-state index contributed by atoms with van der Waals surface area (Å²) in [6.07, 6.45) is 4.94. The minimum Gasteiger partial charge on any atom is -0.381 e. The Morgan fingerprint density at radius 3 is 2.56 bits per heavy atom. The topological polar surface area (TPSA) is 32.8 Å². The maximum atomic E-state index is 12.2. The second-order valence-electron chi connectivity index (χ2n) is 5.80. The first-order valence-corrected chi connectivity index (χ1v) is 7.22. The molecule has 0 N–H and O–H groups in total. The second kappa shape index (κ2) is 6.53. The molecule has 2 heterocycles. The van der Waals surface area contributed by atoms with Crippen LogP contribution in [0.3, 0.4) is 0 Å². The molecule has 0 aromatic heterocycles. The fraction of sp³-hybridized carbons (Fsp3) is 0.929. The lowest BCUT2D eigenvalue weighted by Gasteiger charge is -2.35. The number of carbonyl (C=O) groups excluding carboxylic acids is 1. The van der Waals surface area contributed by atoms with Gasteiger partial charge in [0, 0.05) is 33.3 Å². The first-order chi connectivity index (χ1) is 8.69. The molecule has 0 bridgehead atoms. The van der Waals surface area contributed by atoms with Crippen molar-refractivity contribution in [2.24, 2.45) is 5.92 Å². The van der Waals surface area contributed by atoms with E-state index in [0.717, 1.165) is 39.0 Å². The summed E-state index contributed by atoms with van der Waals surface area (Å²) in [6, 6.07) is 0. The minimum atomic E-state index is 0.317. The van der Waals surface area contributed by atoms with Crippen molar-refractivity contribution in [2.75, 3.05) is 39.8 Å². The van der Waals surface area contributed by atoms with Gasteiger partial charge in [-0.25, -0.2) is 0 Å². The van der Waals surface area contributed by atoms with Gasteiger partial charge < -0.3 is 9.64 Å². The first-order valence-electron chi connectivity index (χ1n) is 7.22. The van der Waals surface area contributed by atoms with Crippen LogP contribution in [0.25, 0.3) is 0 Å². The maximum Gasteiger partial charge on any atom is 0.236 e. The van der Waals surface area contributed by atoms with Crippen LogP contribution in [0.4, 0.5) is 0 Å². The van der Waals surface area contributed by atoms with Gasteiger partial charge in [-0.15, -0.1) is 0 Å². The average Bonchev–Trinajstić information content (AvgIpc) is 2.39. The van der Waals surface area contributed by atoms with Gasteiger partial charge >= 0.3 is 0 Å². The van der Waals surface area contributed by atoms with Gasteiger partial charge in [-0.2, -0.15) is 0 Å². The van der Waals surface area contributed by atoms with E-state index in [-0.39, 0.29) is 0 Å². The van der Waals surface area contributed by atoms with Crippen molar-refractivity contribution in [3.8, 4) is 0 Å². The predicted molar refractivity (Wildman–Crippen MR) is 71.4 cm³/mol. The molecule has 2 aliphatic heterocycles. The van der Waals surface area contributed by atoms with Crippen molar-refractivity contribution in [1.82, 2.24) is 9.80 Å². The zero-order valence-corrected chi connectivity index (χ0v) is 11.7. The monoisotopic (exact) mass is 254 g/mol. The number of piperidine rings is 2. The normalized spacial score (nSPS) is 27.4. The van der Waals surface area contributed by atoms with E-state index in [1.807, 2.05) is 0 Å². The summed E-state index contributed by atoms with van der Waals surface area (Å²) in [5.41, 5.74) is 0. The van der Waals surface area contributed by atoms with Crippen LogP contribution in [0.5, 0.6) is 0 Å². The van der Waals surface area contributed by atoms with Crippen LogP contribution in [-0.2, 0) is 9.53 Å². The Bertz CT molecular complexity index is 275. The number of methoxy groups -OCH3 is 1. The van der Waals surface area contributed by atoms with E-state index in [9.17, 15) is 4.79 Å². The summed E-state index contributed by atoms with van der Waals surface area (Å²) in [5.74, 6) is 0.986. The average molecular weight is 254 g/mol. The van der Waals surface area contributed by atoms with Crippen LogP contribution in [0.1, 0.15) is 32.6 Å². The Balaban J connectivity index is 1.74. The highest BCUT2D eigenvalue weighted by atomic mass is 16.5. The summed E-state index contributed by atoms with van der Waals surface area (Å²) < 4.78 is 5.35. The van der Waals surface area contributed by atoms with Crippen LogP contribution in [-0.4, -0.2) is 61.6 Å². The molecular weight excluding hydrogens is 228 g/mol. The largest absolute Gasteiger partial charge is 0.381 e. The number of ether oxygens (including phenoxy) is 1. The van der Waals surface area contributed by atoms with Crippen molar-refractivity contribution in [1.29, 1.82) is 0 Å². The zero-order chi connectivity index (χ0) is 13.0. The Labute approximate surface area is 110 Å². The van der Waals surface area contributed by atoms with Crippen LogP contribution in [0.15, 0.2) is 0 Å². The lowest BCUT2D eigenvalue weighted by Crippen LogP contribution is -2.47. The third kappa shape index (κ3) is 3.69. The lowest BCUT2D eigenvalue weighted by molar-refractivity contribution is -0.134. The molecule has 2 rings (SSSR count). The third-order valence-corrected chi connectivity index (χ3v) is 4.24. The molecule has 1 atom stereocenters. The number of carbonyl (C=O) groups is 1. The molecule has 4 nitrogen and oxygen atoms in total. The van der Waals surface area contributed by atoms with E-state index < -0.39 is 0 Å². The van der Waals surface area contributed by atoms with E-state index in [0.29, 0.717) is 24.5 Å². The Hall–Kier alpha value is -0.610. The van der Waals surface area contributed by atoms with Gasteiger partial charge in [-0.1, -0.05) is 6.92 Å². The quantitative estimate of drug-likeness (QED) is 0.762. The number of likely N-dealkylation sites (tertiary alicyclic amines) is 2. The first kappa shape index (κ1) is 13.8. The van der Waals surface area contributed by atoms with Crippen LogP contribution in [0.2, 0.25) is 0 Å². The van der Waals surface area contributed by atoms with Crippen molar-refractivity contribution in [3.05, 3.63) is 0 Å². The maximum absolute atomic E-state index is 12.2. The number of hydrogen-bond donors (Lipinski definition) is 0. The molecule has 18 heavy (non-hydrogen) atoms. The van der Waals surface area contributed by atoms with E-state index >= 15 is 0 Å². The molecule has 0 aromatic carbocycles. The van der Waals surface area contributed by atoms with Gasteiger partial charge in [0.15, 0.2) is 0 Å². The van der Waals surface area contributed by atoms with Crippen molar-refractivity contribution < 1.29 is 9.53 Å². The van der Waals surface area contributed by atoms with Crippen molar-refractivity contribution in [3.63, 3.8) is 0 Å². The van der Waals surface area contributed by atoms with Crippen LogP contribution < -0.4 is 0 Å². The van der Waals surface area contributed by atoms with Gasteiger partial charge in [0.05, 0.1) is 12.6 Å². The smallest absolute Gasteiger partial charge is 0.236 e. The molecular formula is C14H26N2O2. The fourth-order valence-electron chi connectivity index (χ4n) is 3.01. The van der Waals surface area contributed by atoms with E-state index in [2.05, 4.69) is 16.7 Å². The number of amides is 1. The molecule has 2 fully saturated rings. The summed E-state index contributed by atoms with van der Waals surface area (Å²) >= 11 is 0. The molecule has 0 unspecified atom stereocenters. The lowest BCUT2D eigenvalue weighted by atomic mass is 10.0. The van der Waals surface area contributed by atoms with Crippen molar-refractivity contribution >= 4 is 5.91 Å². The highest BCUT2D eigenvalue weighted by molar-refractivity contribution is 5.78. The Morgan fingerprint density at radius 1 is 1.22 bits per heavy atom. The van der Waals surface area contributed by atoms with Gasteiger partial charge in [0.2, 0.25) is 5.91 Å². The van der Waals surface area contributed by atoms with E-state index in [1.165, 1.54) is 12.8 Å². The fourth-order valence-corrected chi connectivity index (χ4v) is 3.01. The van der Waals surface area contributed by atoms with E-state index in [1.54, 1.807) is 7.11 Å². The zero-order valence-electron chi connectivity index (χ0n) is 11.7. The van der Waals surface area contributed by atoms with Gasteiger partial charge in [-0.3, -0.25) is 9.69 Å². The number of rotatable bonds is 3. The molecule has 0 radical (unpaired) electrons. The number of hydrogen-bond acceptors (Lipinski definition) is 3. The Morgan fingerprint density at radius 2 is 1.94 bits per heavy atom. The molecule has 2 saturated heterocycles. The second-order valence-corrected chi connectivity index (χ2v) is 5.80. The number of nitrogens with zero attached hydrogens (tertiary/aromatic N) is 2. The van der Waals surface area contributed by atoms with Gasteiger partial charge in [0.25, 0.3) is 0 Å². The van der Waals surface area contributed by atoms with Gasteiger partial charge in [-0.05, 0) is 31.6 Å². The molecule has 104 valence electrons. The predicted octanol–water partition coefficient (Wildman–Crippen LogP) is 1.36. The molecule has 4 heteroatoms. The SMILES string of the molecule is COC1CCN(CC(=O)N2CCC[C@H](C)C2)CC1. The summed E-state index contributed by atoms with van der Waals surface area (Å²) in [5, 5.41) is 0. The summed E-state index contributed by atoms with van der Waals surface area (Å²) in [7, 11) is 1.78. The molecule has 0 spiro atoms. The molecule has 0 saturated carbocycles. The summed E-state index contributed by atoms with van der Waals surface area (Å²) in [4.78, 5) is 16.5. The minimum absolute atomic E-state index is 0.317. The van der Waals surface area contributed by atoms with Crippen molar-refractivity contribution in [2.45, 2.75) is 38.7 Å². The molecule has 0 aromatic rings. The summed E-state index contributed by atoms with van der Waals surface area (Å²) in [6.45, 7) is 6.74. The van der Waals surface area contributed by atoms with E-state index in [4.69, 9.17) is 4.74 Å². The van der Waals surface area contributed by atoms with Gasteiger partial charge in [0.1, 0.15) is 0 Å². The Kier molecular flexibility index (Phi) is 5.01.